The van der Waals surface area contributed by atoms with E-state index in [0.29, 0.717) is 4.99 Å². The fourth-order valence-electron chi connectivity index (χ4n) is 1.82. The molecule has 1 aliphatic rings. The predicted octanol–water partition coefficient (Wildman–Crippen LogP) is 1.84. The molecule has 0 saturated carbocycles. The number of aryl methyl sites for hydroxylation is 1. The largest absolute Gasteiger partial charge is 0.389 e. The molecule has 2 N–H and O–H groups in total. The van der Waals surface area contributed by atoms with Crippen molar-refractivity contribution < 1.29 is 0 Å². The van der Waals surface area contributed by atoms with Crippen molar-refractivity contribution in [1.82, 2.24) is 0 Å². The smallest absolute Gasteiger partial charge is 0.106 e. The number of hydrogen-bond donors (Lipinski definition) is 1. The maximum absolute atomic E-state index is 5.70. The van der Waals surface area contributed by atoms with E-state index in [-0.39, 0.29) is 0 Å². The average molecular weight is 206 g/mol. The van der Waals surface area contributed by atoms with Crippen LogP contribution in [0.25, 0.3) is 0 Å². The van der Waals surface area contributed by atoms with Crippen LogP contribution in [0.5, 0.6) is 0 Å². The van der Waals surface area contributed by atoms with E-state index >= 15 is 0 Å². The quantitative estimate of drug-likeness (QED) is 0.749. The van der Waals surface area contributed by atoms with Gasteiger partial charge >= 0.3 is 0 Å². The molecule has 2 rings (SSSR count). The summed E-state index contributed by atoms with van der Waals surface area (Å²) < 4.78 is 0. The van der Waals surface area contributed by atoms with Gasteiger partial charge in [-0.3, -0.25) is 0 Å². The van der Waals surface area contributed by atoms with Gasteiger partial charge in [0.1, 0.15) is 4.99 Å². The minimum atomic E-state index is 0.496. The van der Waals surface area contributed by atoms with Gasteiger partial charge in [0, 0.05) is 24.3 Å². The van der Waals surface area contributed by atoms with E-state index in [0.717, 1.165) is 18.7 Å². The van der Waals surface area contributed by atoms with Crippen molar-refractivity contribution in [3.63, 3.8) is 0 Å². The molecule has 0 atom stereocenters. The Kier molecular flexibility index (Phi) is 2.42. The summed E-state index contributed by atoms with van der Waals surface area (Å²) in [6.45, 7) is 4.36. The molecule has 1 heterocycles. The number of nitrogens with zero attached hydrogens (tertiary/aromatic N) is 1. The monoisotopic (exact) mass is 206 g/mol. The van der Waals surface area contributed by atoms with E-state index in [1.807, 2.05) is 12.1 Å². The van der Waals surface area contributed by atoms with Crippen molar-refractivity contribution in [1.29, 1.82) is 0 Å². The van der Waals surface area contributed by atoms with Crippen molar-refractivity contribution in [2.45, 2.75) is 13.3 Å². The van der Waals surface area contributed by atoms with E-state index in [1.165, 1.54) is 17.7 Å². The first-order valence-electron chi connectivity index (χ1n) is 4.84. The van der Waals surface area contributed by atoms with Gasteiger partial charge in [-0.25, -0.2) is 0 Å². The Labute approximate surface area is 89.7 Å². The Morgan fingerprint density at radius 1 is 1.43 bits per heavy atom. The van der Waals surface area contributed by atoms with Gasteiger partial charge in [-0.05, 0) is 25.0 Å². The third-order valence-corrected chi connectivity index (χ3v) is 2.90. The fraction of sp³-hybridized carbons (Fsp3) is 0.364. The molecule has 0 bridgehead atoms. The Morgan fingerprint density at radius 2 is 2.14 bits per heavy atom. The van der Waals surface area contributed by atoms with E-state index < -0.39 is 0 Å². The third kappa shape index (κ3) is 1.48. The summed E-state index contributed by atoms with van der Waals surface area (Å²) in [6, 6.07) is 6.12. The van der Waals surface area contributed by atoms with Gasteiger partial charge in [0.2, 0.25) is 0 Å². The van der Waals surface area contributed by atoms with Crippen molar-refractivity contribution in [2.24, 2.45) is 5.73 Å². The number of anilines is 1. The van der Waals surface area contributed by atoms with Crippen LogP contribution in [0.3, 0.4) is 0 Å². The molecule has 2 nitrogen and oxygen atoms in total. The molecular weight excluding hydrogens is 192 g/mol. The van der Waals surface area contributed by atoms with Crippen molar-refractivity contribution in [2.75, 3.05) is 18.0 Å². The highest BCUT2D eigenvalue weighted by Crippen LogP contribution is 2.28. The standard InChI is InChI=1S/C11H14N2S/c1-8-4-2-5-9(11(12)14)10(8)13-6-3-7-13/h2,4-5H,3,6-7H2,1H3,(H2,12,14). The SMILES string of the molecule is Cc1cccc(C(N)=S)c1N1CCC1. The summed E-state index contributed by atoms with van der Waals surface area (Å²) in [6.07, 6.45) is 1.27. The molecule has 1 aliphatic heterocycles. The van der Waals surface area contributed by atoms with Crippen molar-refractivity contribution >= 4 is 22.9 Å². The van der Waals surface area contributed by atoms with Crippen LogP contribution in [-0.2, 0) is 0 Å². The number of nitrogens with two attached hydrogens (primary N) is 1. The molecule has 0 amide bonds. The zero-order chi connectivity index (χ0) is 10.1. The number of benzene rings is 1. The molecule has 0 spiro atoms. The zero-order valence-electron chi connectivity index (χ0n) is 8.29. The van der Waals surface area contributed by atoms with Gasteiger partial charge in [0.25, 0.3) is 0 Å². The maximum Gasteiger partial charge on any atom is 0.106 e. The molecule has 0 unspecified atom stereocenters. The summed E-state index contributed by atoms with van der Waals surface area (Å²) in [5.74, 6) is 0. The lowest BCUT2D eigenvalue weighted by Crippen LogP contribution is -2.38. The minimum Gasteiger partial charge on any atom is -0.389 e. The summed E-state index contributed by atoms with van der Waals surface area (Å²) in [7, 11) is 0. The van der Waals surface area contributed by atoms with Gasteiger partial charge in [0.05, 0.1) is 0 Å². The molecular formula is C11H14N2S. The maximum atomic E-state index is 5.70. The highest BCUT2D eigenvalue weighted by molar-refractivity contribution is 7.80. The second kappa shape index (κ2) is 3.58. The number of rotatable bonds is 2. The number of hydrogen-bond acceptors (Lipinski definition) is 2. The lowest BCUT2D eigenvalue weighted by molar-refractivity contribution is 0.616. The molecule has 1 aromatic carbocycles. The zero-order valence-corrected chi connectivity index (χ0v) is 9.10. The molecule has 3 heteroatoms. The molecule has 0 aliphatic carbocycles. The Bertz CT molecular complexity index is 370. The molecule has 1 fully saturated rings. The highest BCUT2D eigenvalue weighted by Gasteiger charge is 2.20. The van der Waals surface area contributed by atoms with Crippen LogP contribution in [0, 0.1) is 6.92 Å². The van der Waals surface area contributed by atoms with Crippen LogP contribution in [-0.4, -0.2) is 18.1 Å². The Hall–Kier alpha value is -1.09. The van der Waals surface area contributed by atoms with E-state index in [4.69, 9.17) is 18.0 Å². The topological polar surface area (TPSA) is 29.3 Å². The van der Waals surface area contributed by atoms with Crippen molar-refractivity contribution in [3.05, 3.63) is 29.3 Å². The molecule has 1 aromatic rings. The van der Waals surface area contributed by atoms with Crippen LogP contribution in [0.4, 0.5) is 5.69 Å². The fourth-order valence-corrected chi connectivity index (χ4v) is 1.98. The predicted molar refractivity (Wildman–Crippen MR) is 63.9 cm³/mol. The second-order valence-electron chi connectivity index (χ2n) is 3.68. The third-order valence-electron chi connectivity index (χ3n) is 2.68. The van der Waals surface area contributed by atoms with Gasteiger partial charge in [0.15, 0.2) is 0 Å². The summed E-state index contributed by atoms with van der Waals surface area (Å²) in [5, 5.41) is 0. The number of thiocarbonyl (C=S) groups is 1. The summed E-state index contributed by atoms with van der Waals surface area (Å²) in [4.78, 5) is 2.83. The second-order valence-corrected chi connectivity index (χ2v) is 4.12. The van der Waals surface area contributed by atoms with Crippen LogP contribution >= 0.6 is 12.2 Å². The Balaban J connectivity index is 2.47. The summed E-state index contributed by atoms with van der Waals surface area (Å²) in [5.41, 5.74) is 9.21. The van der Waals surface area contributed by atoms with Gasteiger partial charge in [-0.1, -0.05) is 24.4 Å². The van der Waals surface area contributed by atoms with Gasteiger partial charge in [-0.2, -0.15) is 0 Å². The number of para-hydroxylation sites is 1. The molecule has 14 heavy (non-hydrogen) atoms. The first kappa shape index (κ1) is 9.46. The lowest BCUT2D eigenvalue weighted by atomic mass is 10.0. The minimum absolute atomic E-state index is 0.496. The van der Waals surface area contributed by atoms with Crippen LogP contribution in [0.1, 0.15) is 17.5 Å². The van der Waals surface area contributed by atoms with Crippen LogP contribution in [0.2, 0.25) is 0 Å². The van der Waals surface area contributed by atoms with E-state index in [1.54, 1.807) is 0 Å². The van der Waals surface area contributed by atoms with Crippen LogP contribution < -0.4 is 10.6 Å². The molecule has 1 saturated heterocycles. The first-order chi connectivity index (χ1) is 6.70. The van der Waals surface area contributed by atoms with E-state index in [9.17, 15) is 0 Å². The van der Waals surface area contributed by atoms with Crippen molar-refractivity contribution in [3.8, 4) is 0 Å². The summed E-state index contributed by atoms with van der Waals surface area (Å²) >= 11 is 5.05. The average Bonchev–Trinajstić information content (AvgIpc) is 2.04. The van der Waals surface area contributed by atoms with Gasteiger partial charge < -0.3 is 10.6 Å². The van der Waals surface area contributed by atoms with Crippen LogP contribution in [0.15, 0.2) is 18.2 Å². The normalized spacial score (nSPS) is 15.1. The highest BCUT2D eigenvalue weighted by atomic mass is 32.1. The van der Waals surface area contributed by atoms with E-state index in [2.05, 4.69) is 17.9 Å². The molecule has 0 radical (unpaired) electrons. The Morgan fingerprint density at radius 3 is 2.64 bits per heavy atom. The molecule has 74 valence electrons. The van der Waals surface area contributed by atoms with Gasteiger partial charge in [-0.15, -0.1) is 0 Å². The first-order valence-corrected chi connectivity index (χ1v) is 5.25. The molecule has 0 aromatic heterocycles. The lowest BCUT2D eigenvalue weighted by Gasteiger charge is -2.35.